The summed E-state index contributed by atoms with van der Waals surface area (Å²) >= 11 is 1.64. The Bertz CT molecular complexity index is 659. The molecule has 2 nitrogen and oxygen atoms in total. The van der Waals surface area contributed by atoms with Gasteiger partial charge in [0.2, 0.25) is 0 Å². The van der Waals surface area contributed by atoms with Crippen molar-refractivity contribution < 1.29 is 0 Å². The third kappa shape index (κ3) is 2.00. The summed E-state index contributed by atoms with van der Waals surface area (Å²) in [5.74, 6) is 0. The molecule has 0 spiro atoms. The summed E-state index contributed by atoms with van der Waals surface area (Å²) in [4.78, 5) is 4.65. The molecule has 3 heteroatoms. The quantitative estimate of drug-likeness (QED) is 0.698. The molecule has 88 valence electrons. The van der Waals surface area contributed by atoms with Crippen LogP contribution in [0.25, 0.3) is 21.8 Å². The van der Waals surface area contributed by atoms with Crippen molar-refractivity contribution in [3.8, 4) is 21.8 Å². The van der Waals surface area contributed by atoms with Gasteiger partial charge in [0.15, 0.2) is 0 Å². The molecular formula is C15H12N2S. The van der Waals surface area contributed by atoms with Gasteiger partial charge in [0.25, 0.3) is 0 Å². The van der Waals surface area contributed by atoms with E-state index < -0.39 is 0 Å². The molecule has 0 saturated carbocycles. The highest BCUT2D eigenvalue weighted by molar-refractivity contribution is 7.13. The van der Waals surface area contributed by atoms with Gasteiger partial charge in [-0.1, -0.05) is 48.5 Å². The van der Waals surface area contributed by atoms with Crippen LogP contribution in [0.4, 0.5) is 5.69 Å². The van der Waals surface area contributed by atoms with Crippen molar-refractivity contribution in [2.24, 2.45) is 0 Å². The summed E-state index contributed by atoms with van der Waals surface area (Å²) in [6.45, 7) is 0. The summed E-state index contributed by atoms with van der Waals surface area (Å²) in [6.07, 6.45) is 0. The minimum Gasteiger partial charge on any atom is -0.398 e. The van der Waals surface area contributed by atoms with E-state index in [2.05, 4.69) is 17.1 Å². The fourth-order valence-electron chi connectivity index (χ4n) is 1.84. The van der Waals surface area contributed by atoms with Crippen LogP contribution in [-0.4, -0.2) is 4.98 Å². The Kier molecular flexibility index (Phi) is 2.82. The van der Waals surface area contributed by atoms with Crippen LogP contribution >= 0.6 is 11.3 Å². The van der Waals surface area contributed by atoms with E-state index in [1.807, 2.05) is 47.8 Å². The first kappa shape index (κ1) is 11.0. The van der Waals surface area contributed by atoms with Gasteiger partial charge in [0, 0.05) is 22.2 Å². The van der Waals surface area contributed by atoms with Crippen molar-refractivity contribution in [1.29, 1.82) is 0 Å². The van der Waals surface area contributed by atoms with Gasteiger partial charge in [-0.15, -0.1) is 11.3 Å². The number of aromatic nitrogens is 1. The van der Waals surface area contributed by atoms with Crippen molar-refractivity contribution in [3.05, 3.63) is 60.0 Å². The zero-order chi connectivity index (χ0) is 12.4. The predicted octanol–water partition coefficient (Wildman–Crippen LogP) is 4.06. The smallest absolute Gasteiger partial charge is 0.124 e. The number of nitrogens with zero attached hydrogens (tertiary/aromatic N) is 1. The van der Waals surface area contributed by atoms with Crippen molar-refractivity contribution in [1.82, 2.24) is 4.98 Å². The van der Waals surface area contributed by atoms with Gasteiger partial charge < -0.3 is 5.73 Å². The lowest BCUT2D eigenvalue weighted by molar-refractivity contribution is 1.40. The van der Waals surface area contributed by atoms with Crippen LogP contribution in [0.3, 0.4) is 0 Å². The van der Waals surface area contributed by atoms with E-state index in [0.717, 1.165) is 27.5 Å². The maximum atomic E-state index is 5.97. The van der Waals surface area contributed by atoms with Crippen LogP contribution in [0, 0.1) is 0 Å². The summed E-state index contributed by atoms with van der Waals surface area (Å²) in [6, 6.07) is 18.0. The Morgan fingerprint density at radius 3 is 2.39 bits per heavy atom. The molecule has 0 unspecified atom stereocenters. The van der Waals surface area contributed by atoms with Crippen LogP contribution in [0.15, 0.2) is 60.0 Å². The number of hydrogen-bond acceptors (Lipinski definition) is 3. The first-order chi connectivity index (χ1) is 8.84. The van der Waals surface area contributed by atoms with E-state index in [1.54, 1.807) is 11.3 Å². The van der Waals surface area contributed by atoms with Gasteiger partial charge in [-0.05, 0) is 6.07 Å². The molecule has 1 heterocycles. The number of nitrogen functional groups attached to an aromatic ring is 1. The summed E-state index contributed by atoms with van der Waals surface area (Å²) in [5.41, 5.74) is 9.81. The molecule has 2 N–H and O–H groups in total. The lowest BCUT2D eigenvalue weighted by Crippen LogP contribution is -1.89. The lowest BCUT2D eigenvalue weighted by Gasteiger charge is -2.00. The topological polar surface area (TPSA) is 38.9 Å². The van der Waals surface area contributed by atoms with Crippen LogP contribution in [0.5, 0.6) is 0 Å². The zero-order valence-corrected chi connectivity index (χ0v) is 10.5. The average molecular weight is 252 g/mol. The Balaban J connectivity index is 2.03. The van der Waals surface area contributed by atoms with Gasteiger partial charge in [-0.2, -0.15) is 0 Å². The molecule has 2 aromatic carbocycles. The molecule has 0 saturated heterocycles. The lowest BCUT2D eigenvalue weighted by atomic mass is 10.1. The van der Waals surface area contributed by atoms with Gasteiger partial charge in [0.05, 0.1) is 5.69 Å². The molecule has 0 atom stereocenters. The molecule has 0 amide bonds. The van der Waals surface area contributed by atoms with E-state index in [9.17, 15) is 0 Å². The fourth-order valence-corrected chi connectivity index (χ4v) is 2.67. The largest absolute Gasteiger partial charge is 0.398 e. The monoisotopic (exact) mass is 252 g/mol. The molecule has 1 aromatic heterocycles. The Morgan fingerprint density at radius 2 is 1.61 bits per heavy atom. The third-order valence-electron chi connectivity index (χ3n) is 2.76. The average Bonchev–Trinajstić information content (AvgIpc) is 2.90. The molecule has 0 aliphatic carbocycles. The summed E-state index contributed by atoms with van der Waals surface area (Å²) in [7, 11) is 0. The number of para-hydroxylation sites is 1. The molecule has 3 rings (SSSR count). The molecule has 0 aliphatic heterocycles. The number of benzene rings is 2. The highest BCUT2D eigenvalue weighted by Crippen LogP contribution is 2.31. The van der Waals surface area contributed by atoms with Gasteiger partial charge in [-0.3, -0.25) is 0 Å². The summed E-state index contributed by atoms with van der Waals surface area (Å²) < 4.78 is 0. The van der Waals surface area contributed by atoms with E-state index in [1.165, 1.54) is 0 Å². The van der Waals surface area contributed by atoms with Crippen molar-refractivity contribution in [2.75, 3.05) is 5.73 Å². The Morgan fingerprint density at radius 1 is 0.889 bits per heavy atom. The van der Waals surface area contributed by atoms with Crippen molar-refractivity contribution >= 4 is 17.0 Å². The minimum absolute atomic E-state index is 0.766. The number of rotatable bonds is 2. The second-order valence-electron chi connectivity index (χ2n) is 3.99. The standard InChI is InChI=1S/C15H12N2S/c16-13-9-5-4-8-12(13)14-10-18-15(17-14)11-6-2-1-3-7-11/h1-10H,16H2. The molecule has 0 radical (unpaired) electrons. The highest BCUT2D eigenvalue weighted by Gasteiger charge is 2.08. The second kappa shape index (κ2) is 4.63. The van der Waals surface area contributed by atoms with Gasteiger partial charge in [-0.25, -0.2) is 4.98 Å². The summed E-state index contributed by atoms with van der Waals surface area (Å²) in [5, 5.41) is 3.07. The second-order valence-corrected chi connectivity index (χ2v) is 4.85. The van der Waals surface area contributed by atoms with Crippen LogP contribution < -0.4 is 5.73 Å². The van der Waals surface area contributed by atoms with Crippen LogP contribution in [0.2, 0.25) is 0 Å². The SMILES string of the molecule is Nc1ccccc1-c1csc(-c2ccccc2)n1. The predicted molar refractivity (Wildman–Crippen MR) is 77.4 cm³/mol. The molecule has 3 aromatic rings. The van der Waals surface area contributed by atoms with E-state index >= 15 is 0 Å². The maximum Gasteiger partial charge on any atom is 0.124 e. The Labute approximate surface area is 110 Å². The molecule has 0 bridgehead atoms. The minimum atomic E-state index is 0.766. The Hall–Kier alpha value is -2.13. The van der Waals surface area contributed by atoms with E-state index in [4.69, 9.17) is 5.73 Å². The first-order valence-corrected chi connectivity index (χ1v) is 6.58. The molecular weight excluding hydrogens is 240 g/mol. The molecule has 0 fully saturated rings. The third-order valence-corrected chi connectivity index (χ3v) is 3.65. The fraction of sp³-hybridized carbons (Fsp3) is 0. The molecule has 18 heavy (non-hydrogen) atoms. The van der Waals surface area contributed by atoms with Crippen LogP contribution in [-0.2, 0) is 0 Å². The highest BCUT2D eigenvalue weighted by atomic mass is 32.1. The van der Waals surface area contributed by atoms with E-state index in [-0.39, 0.29) is 0 Å². The maximum absolute atomic E-state index is 5.97. The van der Waals surface area contributed by atoms with Gasteiger partial charge in [0.1, 0.15) is 5.01 Å². The first-order valence-electron chi connectivity index (χ1n) is 5.70. The van der Waals surface area contributed by atoms with Crippen molar-refractivity contribution in [3.63, 3.8) is 0 Å². The molecule has 0 aliphatic rings. The van der Waals surface area contributed by atoms with E-state index in [0.29, 0.717) is 0 Å². The number of hydrogen-bond donors (Lipinski definition) is 1. The number of thiazole rings is 1. The normalized spacial score (nSPS) is 10.4. The zero-order valence-electron chi connectivity index (χ0n) is 9.71. The van der Waals surface area contributed by atoms with Crippen molar-refractivity contribution in [2.45, 2.75) is 0 Å². The number of anilines is 1. The number of nitrogens with two attached hydrogens (primary N) is 1. The van der Waals surface area contributed by atoms with Gasteiger partial charge >= 0.3 is 0 Å². The van der Waals surface area contributed by atoms with Crippen LogP contribution in [0.1, 0.15) is 0 Å².